The largest absolute Gasteiger partial charge is 0.492 e. The van der Waals surface area contributed by atoms with Crippen molar-refractivity contribution in [3.05, 3.63) is 54.1 Å². The molecule has 1 atom stereocenters. The molecule has 1 aliphatic heterocycles. The van der Waals surface area contributed by atoms with Crippen LogP contribution in [0.25, 0.3) is 0 Å². The van der Waals surface area contributed by atoms with Gasteiger partial charge < -0.3 is 25.2 Å². The van der Waals surface area contributed by atoms with E-state index in [2.05, 4.69) is 56.6 Å². The lowest BCUT2D eigenvalue weighted by Crippen LogP contribution is -2.48. The second kappa shape index (κ2) is 11.0. The fourth-order valence-corrected chi connectivity index (χ4v) is 3.79. The quantitative estimate of drug-likeness (QED) is 0.680. The molecule has 2 aromatic rings. The molecule has 1 saturated heterocycles. The Bertz CT molecular complexity index is 832. The summed E-state index contributed by atoms with van der Waals surface area (Å²) in [4.78, 5) is 19.6. The van der Waals surface area contributed by atoms with Gasteiger partial charge in [-0.3, -0.25) is 4.90 Å². The van der Waals surface area contributed by atoms with Crippen molar-refractivity contribution in [3.8, 4) is 5.75 Å². The molecular formula is C24H35N5O2. The predicted octanol–water partition coefficient (Wildman–Crippen LogP) is 3.26. The molecule has 2 amide bonds. The summed E-state index contributed by atoms with van der Waals surface area (Å²) in [6.45, 7) is 7.03. The highest BCUT2D eigenvalue weighted by atomic mass is 16.5. The fraction of sp³-hybridized carbons (Fsp3) is 0.458. The zero-order valence-electron chi connectivity index (χ0n) is 19.1. The van der Waals surface area contributed by atoms with E-state index in [0.29, 0.717) is 24.6 Å². The minimum Gasteiger partial charge on any atom is -0.492 e. The molecule has 0 unspecified atom stereocenters. The van der Waals surface area contributed by atoms with Crippen molar-refractivity contribution >= 4 is 17.4 Å². The Balaban J connectivity index is 1.69. The molecule has 168 valence electrons. The van der Waals surface area contributed by atoms with Gasteiger partial charge in [0.15, 0.2) is 0 Å². The molecule has 0 aliphatic carbocycles. The number of nitrogens with one attached hydrogen (secondary N) is 2. The molecular weight excluding hydrogens is 390 g/mol. The molecule has 31 heavy (non-hydrogen) atoms. The van der Waals surface area contributed by atoms with Crippen LogP contribution >= 0.6 is 0 Å². The minimum atomic E-state index is -0.226. The summed E-state index contributed by atoms with van der Waals surface area (Å²) in [5.41, 5.74) is 3.05. The molecule has 2 N–H and O–H groups in total. The van der Waals surface area contributed by atoms with Crippen molar-refractivity contribution < 1.29 is 9.53 Å². The molecule has 0 spiro atoms. The lowest BCUT2D eigenvalue weighted by atomic mass is 10.0. The highest BCUT2D eigenvalue weighted by Crippen LogP contribution is 2.25. The lowest BCUT2D eigenvalue weighted by Gasteiger charge is -2.38. The Morgan fingerprint density at radius 2 is 1.74 bits per heavy atom. The molecule has 3 rings (SSSR count). The summed E-state index contributed by atoms with van der Waals surface area (Å²) in [5, 5.41) is 6.00. The van der Waals surface area contributed by atoms with Gasteiger partial charge in [0.2, 0.25) is 0 Å². The number of urea groups is 1. The first-order valence-corrected chi connectivity index (χ1v) is 10.9. The Morgan fingerprint density at radius 3 is 2.39 bits per heavy atom. The monoisotopic (exact) mass is 425 g/mol. The first-order valence-electron chi connectivity index (χ1n) is 10.9. The van der Waals surface area contributed by atoms with Gasteiger partial charge in [-0.2, -0.15) is 0 Å². The standard InChI is InChI=1S/C24H35N5O2/c1-5-31-23-9-7-6-8-21(23)26-24(30)25-18-22(29-16-14-28(4)15-17-29)19-10-12-20(13-11-19)27(2)3/h6-13,22H,5,14-18H2,1-4H3,(H2,25,26,30)/t22-/m0/s1. The summed E-state index contributed by atoms with van der Waals surface area (Å²) in [6, 6.07) is 16.0. The number of para-hydroxylation sites is 2. The number of amides is 2. The van der Waals surface area contributed by atoms with Crippen LogP contribution in [0.1, 0.15) is 18.5 Å². The summed E-state index contributed by atoms with van der Waals surface area (Å²) >= 11 is 0. The molecule has 2 aromatic carbocycles. The van der Waals surface area contributed by atoms with Crippen LogP contribution in [-0.2, 0) is 0 Å². The Hall–Kier alpha value is -2.77. The van der Waals surface area contributed by atoms with Gasteiger partial charge in [0, 0.05) is 52.5 Å². The molecule has 7 heteroatoms. The van der Waals surface area contributed by atoms with Gasteiger partial charge in [-0.25, -0.2) is 4.79 Å². The van der Waals surface area contributed by atoms with E-state index in [-0.39, 0.29) is 12.1 Å². The summed E-state index contributed by atoms with van der Waals surface area (Å²) in [7, 11) is 6.23. The van der Waals surface area contributed by atoms with Crippen LogP contribution in [0.2, 0.25) is 0 Å². The number of likely N-dealkylation sites (N-methyl/N-ethyl adjacent to an activating group) is 1. The summed E-state index contributed by atoms with van der Waals surface area (Å²) in [6.07, 6.45) is 0. The minimum absolute atomic E-state index is 0.123. The molecule has 1 heterocycles. The molecule has 7 nitrogen and oxygen atoms in total. The Kier molecular flexibility index (Phi) is 8.14. The van der Waals surface area contributed by atoms with Crippen molar-refractivity contribution in [1.82, 2.24) is 15.1 Å². The topological polar surface area (TPSA) is 60.1 Å². The molecule has 0 radical (unpaired) electrons. The van der Waals surface area contributed by atoms with Crippen LogP contribution in [0, 0.1) is 0 Å². The molecule has 0 saturated carbocycles. The van der Waals surface area contributed by atoms with Crippen molar-refractivity contribution in [1.29, 1.82) is 0 Å². The second-order valence-electron chi connectivity index (χ2n) is 8.11. The number of rotatable bonds is 8. The maximum absolute atomic E-state index is 12.7. The van der Waals surface area contributed by atoms with E-state index in [4.69, 9.17) is 4.74 Å². The van der Waals surface area contributed by atoms with E-state index in [9.17, 15) is 4.79 Å². The van der Waals surface area contributed by atoms with E-state index >= 15 is 0 Å². The van der Waals surface area contributed by atoms with Crippen LogP contribution in [-0.4, -0.2) is 76.3 Å². The van der Waals surface area contributed by atoms with Crippen molar-refractivity contribution in [2.75, 3.05) is 70.7 Å². The van der Waals surface area contributed by atoms with Crippen molar-refractivity contribution in [2.45, 2.75) is 13.0 Å². The number of hydrogen-bond acceptors (Lipinski definition) is 5. The zero-order valence-corrected chi connectivity index (χ0v) is 19.1. The number of anilines is 2. The highest BCUT2D eigenvalue weighted by molar-refractivity contribution is 5.90. The first-order chi connectivity index (χ1) is 15.0. The first kappa shape index (κ1) is 22.9. The maximum Gasteiger partial charge on any atom is 0.319 e. The van der Waals surface area contributed by atoms with E-state index in [1.54, 1.807) is 0 Å². The van der Waals surface area contributed by atoms with Crippen LogP contribution < -0.4 is 20.3 Å². The average Bonchev–Trinajstić information content (AvgIpc) is 2.77. The second-order valence-corrected chi connectivity index (χ2v) is 8.11. The third-order valence-electron chi connectivity index (χ3n) is 5.66. The third-order valence-corrected chi connectivity index (χ3v) is 5.66. The molecule has 0 aromatic heterocycles. The number of hydrogen-bond donors (Lipinski definition) is 2. The van der Waals surface area contributed by atoms with Crippen molar-refractivity contribution in [3.63, 3.8) is 0 Å². The van der Waals surface area contributed by atoms with Gasteiger partial charge in [0.05, 0.1) is 18.3 Å². The van der Waals surface area contributed by atoms with Crippen LogP contribution in [0.4, 0.5) is 16.2 Å². The number of carbonyl (C=O) groups is 1. The normalized spacial score (nSPS) is 15.9. The van der Waals surface area contributed by atoms with Gasteiger partial charge in [-0.1, -0.05) is 24.3 Å². The number of carbonyl (C=O) groups excluding carboxylic acids is 1. The van der Waals surface area contributed by atoms with Crippen LogP contribution in [0.5, 0.6) is 5.75 Å². The summed E-state index contributed by atoms with van der Waals surface area (Å²) < 4.78 is 5.61. The Morgan fingerprint density at radius 1 is 1.06 bits per heavy atom. The van der Waals surface area contributed by atoms with E-state index in [0.717, 1.165) is 26.2 Å². The summed E-state index contributed by atoms with van der Waals surface area (Å²) in [5.74, 6) is 0.676. The smallest absolute Gasteiger partial charge is 0.319 e. The maximum atomic E-state index is 12.7. The van der Waals surface area contributed by atoms with Crippen molar-refractivity contribution in [2.24, 2.45) is 0 Å². The highest BCUT2D eigenvalue weighted by Gasteiger charge is 2.24. The van der Waals surface area contributed by atoms with Gasteiger partial charge in [0.1, 0.15) is 5.75 Å². The number of nitrogens with zero attached hydrogens (tertiary/aromatic N) is 3. The van der Waals surface area contributed by atoms with E-state index in [1.165, 1.54) is 11.3 Å². The SMILES string of the molecule is CCOc1ccccc1NC(=O)NC[C@@H](c1ccc(N(C)C)cc1)N1CCN(C)CC1. The Labute approximate surface area is 186 Å². The molecule has 0 bridgehead atoms. The molecule has 1 aliphatic rings. The van der Waals surface area contributed by atoms with E-state index < -0.39 is 0 Å². The van der Waals surface area contributed by atoms with Gasteiger partial charge in [-0.15, -0.1) is 0 Å². The van der Waals surface area contributed by atoms with Gasteiger partial charge in [-0.05, 0) is 43.8 Å². The number of benzene rings is 2. The van der Waals surface area contributed by atoms with E-state index in [1.807, 2.05) is 45.3 Å². The van der Waals surface area contributed by atoms with Gasteiger partial charge >= 0.3 is 6.03 Å². The van der Waals surface area contributed by atoms with Crippen LogP contribution in [0.3, 0.4) is 0 Å². The predicted molar refractivity (Wildman–Crippen MR) is 127 cm³/mol. The van der Waals surface area contributed by atoms with Gasteiger partial charge in [0.25, 0.3) is 0 Å². The number of ether oxygens (including phenoxy) is 1. The lowest BCUT2D eigenvalue weighted by molar-refractivity contribution is 0.111. The average molecular weight is 426 g/mol. The number of piperazine rings is 1. The fourth-order valence-electron chi connectivity index (χ4n) is 3.79. The van der Waals surface area contributed by atoms with Crippen LogP contribution in [0.15, 0.2) is 48.5 Å². The third kappa shape index (κ3) is 6.35. The zero-order chi connectivity index (χ0) is 22.2. The molecule has 1 fully saturated rings.